The summed E-state index contributed by atoms with van der Waals surface area (Å²) in [4.78, 5) is 15.2. The molecule has 29 heavy (non-hydrogen) atoms. The van der Waals surface area contributed by atoms with E-state index in [1.165, 1.54) is 0 Å². The first-order chi connectivity index (χ1) is 13.9. The zero-order valence-corrected chi connectivity index (χ0v) is 17.4. The van der Waals surface area contributed by atoms with E-state index in [0.29, 0.717) is 33.8 Å². The maximum Gasteiger partial charge on any atom is 0.229 e. The lowest BCUT2D eigenvalue weighted by Gasteiger charge is -2.11. The van der Waals surface area contributed by atoms with Crippen molar-refractivity contribution in [1.82, 2.24) is 14.9 Å². The van der Waals surface area contributed by atoms with Crippen LogP contribution in [0.4, 0.5) is 17.5 Å². The molecule has 0 unspecified atom stereocenters. The molecule has 6 nitrogen and oxygen atoms in total. The zero-order chi connectivity index (χ0) is 20.8. The minimum Gasteiger partial charge on any atom is -0.369 e. The summed E-state index contributed by atoms with van der Waals surface area (Å²) in [6.45, 7) is 0. The molecule has 0 aliphatic rings. The molecule has 1 N–H and O–H groups in total. The smallest absolute Gasteiger partial charge is 0.229 e. The van der Waals surface area contributed by atoms with Gasteiger partial charge in [-0.2, -0.15) is 10.2 Å². The second-order valence-corrected chi connectivity index (χ2v) is 7.25. The number of hydrogen-bond acceptors (Lipinski definition) is 5. The van der Waals surface area contributed by atoms with E-state index >= 15 is 0 Å². The van der Waals surface area contributed by atoms with Gasteiger partial charge in [0.15, 0.2) is 5.82 Å². The number of hydrogen-bond donors (Lipinski definition) is 1. The number of nitrogens with one attached hydrogen (secondary N) is 1. The molecule has 2 aromatic carbocycles. The molecule has 3 aromatic rings. The predicted octanol–water partition coefficient (Wildman–Crippen LogP) is 5.21. The number of anilines is 2. The Labute approximate surface area is 179 Å². The number of rotatable bonds is 6. The van der Waals surface area contributed by atoms with Gasteiger partial charge in [-0.05, 0) is 42.0 Å². The lowest BCUT2D eigenvalue weighted by atomic mass is 10.1. The molecule has 0 spiro atoms. The lowest BCUT2D eigenvalue weighted by molar-refractivity contribution is 0.643. The van der Waals surface area contributed by atoms with Crippen molar-refractivity contribution in [3.63, 3.8) is 0 Å². The Morgan fingerprint density at radius 3 is 2.41 bits per heavy atom. The molecule has 0 radical (unpaired) electrons. The van der Waals surface area contributed by atoms with E-state index in [-0.39, 0.29) is 0 Å². The van der Waals surface area contributed by atoms with E-state index < -0.39 is 0 Å². The molecule has 1 aromatic heterocycles. The maximum absolute atomic E-state index is 8.94. The SMILES string of the molecule is CN(C)/C=N/c1cc(Cc2c(Cl)cccc2Cl)nc(Nc2ccc(C#N)cc2)n1. The summed E-state index contributed by atoms with van der Waals surface area (Å²) in [7, 11) is 3.76. The van der Waals surface area contributed by atoms with Crippen molar-refractivity contribution in [3.05, 3.63) is 75.4 Å². The molecule has 0 aliphatic heterocycles. The van der Waals surface area contributed by atoms with Crippen LogP contribution in [0.3, 0.4) is 0 Å². The number of aliphatic imine (C=N–C) groups is 1. The third kappa shape index (κ3) is 5.67. The normalized spacial score (nSPS) is 10.7. The van der Waals surface area contributed by atoms with Gasteiger partial charge in [-0.1, -0.05) is 29.3 Å². The first-order valence-electron chi connectivity index (χ1n) is 8.73. The highest BCUT2D eigenvalue weighted by Gasteiger charge is 2.11. The van der Waals surface area contributed by atoms with Gasteiger partial charge in [0.1, 0.15) is 0 Å². The third-order valence-electron chi connectivity index (χ3n) is 3.88. The summed E-state index contributed by atoms with van der Waals surface area (Å²) >= 11 is 12.6. The molecule has 0 fully saturated rings. The van der Waals surface area contributed by atoms with Gasteiger partial charge in [-0.3, -0.25) is 0 Å². The number of nitrogens with zero attached hydrogens (tertiary/aromatic N) is 5. The Morgan fingerprint density at radius 2 is 1.79 bits per heavy atom. The molecule has 3 rings (SSSR count). The van der Waals surface area contributed by atoms with Crippen LogP contribution in [0, 0.1) is 11.3 Å². The fourth-order valence-corrected chi connectivity index (χ4v) is 3.04. The summed E-state index contributed by atoms with van der Waals surface area (Å²) in [5, 5.41) is 13.3. The Kier molecular flexibility index (Phi) is 6.65. The van der Waals surface area contributed by atoms with Gasteiger partial charge in [0, 0.05) is 42.3 Å². The van der Waals surface area contributed by atoms with Crippen molar-refractivity contribution in [3.8, 4) is 6.07 Å². The Bertz CT molecular complexity index is 1050. The summed E-state index contributed by atoms with van der Waals surface area (Å²) < 4.78 is 0. The van der Waals surface area contributed by atoms with Crippen molar-refractivity contribution in [2.45, 2.75) is 6.42 Å². The van der Waals surface area contributed by atoms with Crippen molar-refractivity contribution >= 4 is 47.0 Å². The molecular formula is C21H18Cl2N6. The fourth-order valence-electron chi connectivity index (χ4n) is 2.51. The number of nitriles is 1. The van der Waals surface area contributed by atoms with E-state index in [1.807, 2.05) is 19.0 Å². The maximum atomic E-state index is 8.94. The van der Waals surface area contributed by atoms with E-state index in [9.17, 15) is 0 Å². The quantitative estimate of drug-likeness (QED) is 0.433. The molecule has 146 valence electrons. The molecule has 0 bridgehead atoms. The molecule has 0 saturated carbocycles. The van der Waals surface area contributed by atoms with E-state index in [0.717, 1.165) is 16.9 Å². The van der Waals surface area contributed by atoms with Gasteiger partial charge in [0.2, 0.25) is 5.95 Å². The van der Waals surface area contributed by atoms with E-state index in [1.54, 1.807) is 54.9 Å². The van der Waals surface area contributed by atoms with Crippen LogP contribution in [-0.4, -0.2) is 35.3 Å². The van der Waals surface area contributed by atoms with Crippen molar-refractivity contribution < 1.29 is 0 Å². The number of aromatic nitrogens is 2. The van der Waals surface area contributed by atoms with Gasteiger partial charge < -0.3 is 10.2 Å². The Hall–Kier alpha value is -3.14. The fraction of sp³-hybridized carbons (Fsp3) is 0.143. The molecule has 0 atom stereocenters. The van der Waals surface area contributed by atoms with Gasteiger partial charge in [-0.25, -0.2) is 9.98 Å². The molecular weight excluding hydrogens is 407 g/mol. The third-order valence-corrected chi connectivity index (χ3v) is 4.58. The van der Waals surface area contributed by atoms with Gasteiger partial charge in [0.05, 0.1) is 23.7 Å². The van der Waals surface area contributed by atoms with E-state index in [2.05, 4.69) is 26.3 Å². The van der Waals surface area contributed by atoms with Crippen molar-refractivity contribution in [2.24, 2.45) is 4.99 Å². The second-order valence-electron chi connectivity index (χ2n) is 6.44. The first-order valence-corrected chi connectivity index (χ1v) is 9.49. The van der Waals surface area contributed by atoms with E-state index in [4.69, 9.17) is 28.5 Å². The number of halogens is 2. The largest absolute Gasteiger partial charge is 0.369 e. The van der Waals surface area contributed by atoms with Crippen LogP contribution in [0.15, 0.2) is 53.5 Å². The summed E-state index contributed by atoms with van der Waals surface area (Å²) in [5.41, 5.74) is 2.85. The highest BCUT2D eigenvalue weighted by molar-refractivity contribution is 6.36. The molecule has 8 heteroatoms. The first kappa shape index (κ1) is 20.6. The van der Waals surface area contributed by atoms with Crippen LogP contribution >= 0.6 is 23.2 Å². The van der Waals surface area contributed by atoms with Crippen molar-refractivity contribution in [1.29, 1.82) is 5.26 Å². The topological polar surface area (TPSA) is 77.2 Å². The molecule has 0 aliphatic carbocycles. The Morgan fingerprint density at radius 1 is 1.10 bits per heavy atom. The number of benzene rings is 2. The summed E-state index contributed by atoms with van der Waals surface area (Å²) in [6.07, 6.45) is 2.10. The van der Waals surface area contributed by atoms with Crippen LogP contribution < -0.4 is 5.32 Å². The summed E-state index contributed by atoms with van der Waals surface area (Å²) in [6, 6.07) is 16.3. The highest BCUT2D eigenvalue weighted by Crippen LogP contribution is 2.28. The standard InChI is InChI=1S/C21H18Cl2N6/c1-29(2)13-25-20-11-16(10-17-18(22)4-3-5-19(17)23)27-21(28-20)26-15-8-6-14(12-24)7-9-15/h3-9,11,13H,10H2,1-2H3,(H,26,27,28)/b25-13+. The second kappa shape index (κ2) is 9.37. The van der Waals surface area contributed by atoms with Crippen molar-refractivity contribution in [2.75, 3.05) is 19.4 Å². The van der Waals surface area contributed by atoms with Crippen LogP contribution in [0.1, 0.15) is 16.8 Å². The molecule has 0 saturated heterocycles. The minimum atomic E-state index is 0.390. The Balaban J connectivity index is 1.95. The molecule has 0 amide bonds. The minimum absolute atomic E-state index is 0.390. The van der Waals surface area contributed by atoms with Crippen LogP contribution in [0.2, 0.25) is 10.0 Å². The average molecular weight is 425 g/mol. The van der Waals surface area contributed by atoms with Crippen LogP contribution in [0.5, 0.6) is 0 Å². The lowest BCUT2D eigenvalue weighted by Crippen LogP contribution is -2.07. The average Bonchev–Trinajstić information content (AvgIpc) is 2.70. The summed E-state index contributed by atoms with van der Waals surface area (Å²) in [5.74, 6) is 0.893. The zero-order valence-electron chi connectivity index (χ0n) is 15.9. The van der Waals surface area contributed by atoms with Gasteiger partial charge >= 0.3 is 0 Å². The monoisotopic (exact) mass is 424 g/mol. The molecule has 1 heterocycles. The van der Waals surface area contributed by atoms with Crippen LogP contribution in [0.25, 0.3) is 0 Å². The van der Waals surface area contributed by atoms with Gasteiger partial charge in [0.25, 0.3) is 0 Å². The highest BCUT2D eigenvalue weighted by atomic mass is 35.5. The predicted molar refractivity (Wildman–Crippen MR) is 118 cm³/mol. The van der Waals surface area contributed by atoms with Gasteiger partial charge in [-0.15, -0.1) is 0 Å². The van der Waals surface area contributed by atoms with Crippen LogP contribution in [-0.2, 0) is 6.42 Å².